The molecule has 2 aromatic carbocycles. The van der Waals surface area contributed by atoms with E-state index in [0.29, 0.717) is 16.5 Å². The molecule has 4 rings (SSSR count). The fourth-order valence-electron chi connectivity index (χ4n) is 2.75. The van der Waals surface area contributed by atoms with Gasteiger partial charge in [0.25, 0.3) is 5.91 Å². The van der Waals surface area contributed by atoms with Crippen molar-refractivity contribution in [3.05, 3.63) is 99.7 Å². The number of carbonyl (C=O) groups is 1. The van der Waals surface area contributed by atoms with Crippen LogP contribution in [0.3, 0.4) is 0 Å². The highest BCUT2D eigenvalue weighted by Gasteiger charge is 2.15. The second-order valence-electron chi connectivity index (χ2n) is 6.43. The molecular formula is C21H15ClN4O4S. The van der Waals surface area contributed by atoms with Crippen LogP contribution in [0.15, 0.2) is 87.3 Å². The highest BCUT2D eigenvalue weighted by molar-refractivity contribution is 7.99. The summed E-state index contributed by atoms with van der Waals surface area (Å²) in [5.74, 6) is 0.178. The SMILES string of the molecule is O=C(Nc1ccccc1Sc1ccc(Cl)cc1)c1ccc(Cn2cc([N+](=O)[O-])cn2)o1. The quantitative estimate of drug-likeness (QED) is 0.292. The van der Waals surface area contributed by atoms with Gasteiger partial charge in [0.15, 0.2) is 5.76 Å². The largest absolute Gasteiger partial charge is 0.454 e. The average molecular weight is 455 g/mol. The van der Waals surface area contributed by atoms with Crippen molar-refractivity contribution in [1.82, 2.24) is 9.78 Å². The zero-order valence-corrected chi connectivity index (χ0v) is 17.5. The van der Waals surface area contributed by atoms with Gasteiger partial charge < -0.3 is 9.73 Å². The van der Waals surface area contributed by atoms with Crippen LogP contribution in [0.1, 0.15) is 16.3 Å². The first kappa shape index (κ1) is 20.7. The predicted octanol–water partition coefficient (Wildman–Crippen LogP) is 5.49. The molecule has 0 saturated heterocycles. The van der Waals surface area contributed by atoms with Gasteiger partial charge in [-0.1, -0.05) is 35.5 Å². The van der Waals surface area contributed by atoms with E-state index in [1.165, 1.54) is 22.6 Å². The Balaban J connectivity index is 1.45. The van der Waals surface area contributed by atoms with E-state index in [4.69, 9.17) is 16.0 Å². The van der Waals surface area contributed by atoms with Crippen molar-refractivity contribution in [2.45, 2.75) is 16.3 Å². The molecule has 0 radical (unpaired) electrons. The maximum absolute atomic E-state index is 12.7. The average Bonchev–Trinajstić information content (AvgIpc) is 3.41. The molecule has 0 aliphatic rings. The molecule has 4 aromatic rings. The standard InChI is InChI=1S/C21H15ClN4O4S/c22-14-5-8-17(9-6-14)31-20-4-2-1-3-18(20)24-21(27)19-10-7-16(30-19)13-25-12-15(11-23-25)26(28)29/h1-12H,13H2,(H,24,27). The van der Waals surface area contributed by atoms with Gasteiger partial charge in [0, 0.05) is 14.8 Å². The van der Waals surface area contributed by atoms with Crippen LogP contribution in [0, 0.1) is 10.1 Å². The third-order valence-electron chi connectivity index (χ3n) is 4.21. The van der Waals surface area contributed by atoms with E-state index in [0.717, 1.165) is 16.0 Å². The lowest BCUT2D eigenvalue weighted by atomic mass is 10.3. The molecule has 0 aliphatic carbocycles. The molecule has 0 bridgehead atoms. The normalized spacial score (nSPS) is 10.7. The van der Waals surface area contributed by atoms with Crippen LogP contribution in [0.4, 0.5) is 11.4 Å². The first-order chi connectivity index (χ1) is 15.0. The molecule has 0 spiro atoms. The molecule has 2 heterocycles. The van der Waals surface area contributed by atoms with Gasteiger partial charge in [-0.2, -0.15) is 5.10 Å². The minimum Gasteiger partial charge on any atom is -0.454 e. The van der Waals surface area contributed by atoms with Crippen LogP contribution >= 0.6 is 23.4 Å². The molecule has 0 unspecified atom stereocenters. The Hall–Kier alpha value is -3.56. The minimum atomic E-state index is -0.524. The van der Waals surface area contributed by atoms with Crippen molar-refractivity contribution < 1.29 is 14.1 Å². The molecule has 0 saturated carbocycles. The third-order valence-corrected chi connectivity index (χ3v) is 5.55. The number of para-hydroxylation sites is 1. The molecule has 156 valence electrons. The van der Waals surface area contributed by atoms with Crippen LogP contribution in [0.2, 0.25) is 5.02 Å². The van der Waals surface area contributed by atoms with Gasteiger partial charge in [-0.05, 0) is 48.5 Å². The van der Waals surface area contributed by atoms with E-state index in [1.807, 2.05) is 48.5 Å². The van der Waals surface area contributed by atoms with Gasteiger partial charge in [-0.25, -0.2) is 0 Å². The van der Waals surface area contributed by atoms with Gasteiger partial charge in [0.2, 0.25) is 0 Å². The monoisotopic (exact) mass is 454 g/mol. The lowest BCUT2D eigenvalue weighted by Crippen LogP contribution is -2.11. The number of furan rings is 1. The lowest BCUT2D eigenvalue weighted by molar-refractivity contribution is -0.385. The van der Waals surface area contributed by atoms with Crippen molar-refractivity contribution in [2.24, 2.45) is 0 Å². The summed E-state index contributed by atoms with van der Waals surface area (Å²) in [6.07, 6.45) is 2.46. The van der Waals surface area contributed by atoms with Crippen molar-refractivity contribution in [1.29, 1.82) is 0 Å². The fourth-order valence-corrected chi connectivity index (χ4v) is 3.78. The number of benzene rings is 2. The van der Waals surface area contributed by atoms with Crippen molar-refractivity contribution in [3.8, 4) is 0 Å². The van der Waals surface area contributed by atoms with Crippen molar-refractivity contribution >= 4 is 40.6 Å². The molecule has 2 aromatic heterocycles. The van der Waals surface area contributed by atoms with Crippen LogP contribution in [-0.2, 0) is 6.54 Å². The molecule has 1 amide bonds. The zero-order chi connectivity index (χ0) is 21.8. The summed E-state index contributed by atoms with van der Waals surface area (Å²) < 4.78 is 6.97. The van der Waals surface area contributed by atoms with E-state index in [-0.39, 0.29) is 18.0 Å². The highest BCUT2D eigenvalue weighted by Crippen LogP contribution is 2.34. The fraction of sp³-hybridized carbons (Fsp3) is 0.0476. The maximum atomic E-state index is 12.7. The summed E-state index contributed by atoms with van der Waals surface area (Å²) >= 11 is 7.44. The topological polar surface area (TPSA) is 103 Å². The number of rotatable bonds is 7. The van der Waals surface area contributed by atoms with E-state index < -0.39 is 10.8 Å². The Morgan fingerprint density at radius 2 is 1.94 bits per heavy atom. The third kappa shape index (κ3) is 5.14. The number of nitrogens with zero attached hydrogens (tertiary/aromatic N) is 3. The van der Waals surface area contributed by atoms with Gasteiger partial charge in [0.1, 0.15) is 18.2 Å². The second-order valence-corrected chi connectivity index (χ2v) is 7.98. The molecule has 31 heavy (non-hydrogen) atoms. The number of hydrogen-bond acceptors (Lipinski definition) is 6. The number of halogens is 1. The maximum Gasteiger partial charge on any atom is 0.307 e. The van der Waals surface area contributed by atoms with Gasteiger partial charge in [-0.15, -0.1) is 0 Å². The number of nitrogens with one attached hydrogen (secondary N) is 1. The first-order valence-corrected chi connectivity index (χ1v) is 10.3. The smallest absolute Gasteiger partial charge is 0.307 e. The van der Waals surface area contributed by atoms with Crippen LogP contribution in [-0.4, -0.2) is 20.6 Å². The molecular weight excluding hydrogens is 440 g/mol. The van der Waals surface area contributed by atoms with E-state index in [9.17, 15) is 14.9 Å². The van der Waals surface area contributed by atoms with Gasteiger partial charge in [-0.3, -0.25) is 19.6 Å². The molecule has 0 aliphatic heterocycles. The number of anilines is 1. The number of nitro groups is 1. The summed E-state index contributed by atoms with van der Waals surface area (Å²) in [7, 11) is 0. The van der Waals surface area contributed by atoms with Crippen molar-refractivity contribution in [3.63, 3.8) is 0 Å². The molecule has 0 atom stereocenters. The molecule has 1 N–H and O–H groups in total. The first-order valence-electron chi connectivity index (χ1n) is 9.07. The number of amides is 1. The Kier molecular flexibility index (Phi) is 6.06. The summed E-state index contributed by atoms with van der Waals surface area (Å²) in [5, 5.41) is 18.2. The molecule has 8 nitrogen and oxygen atoms in total. The number of carbonyl (C=O) groups excluding carboxylic acids is 1. The van der Waals surface area contributed by atoms with Crippen molar-refractivity contribution in [2.75, 3.05) is 5.32 Å². The highest BCUT2D eigenvalue weighted by atomic mass is 35.5. The lowest BCUT2D eigenvalue weighted by Gasteiger charge is -2.10. The number of hydrogen-bond donors (Lipinski definition) is 1. The summed E-state index contributed by atoms with van der Waals surface area (Å²) in [4.78, 5) is 24.8. The van der Waals surface area contributed by atoms with E-state index in [1.54, 1.807) is 12.1 Å². The number of aromatic nitrogens is 2. The van der Waals surface area contributed by atoms with Gasteiger partial charge >= 0.3 is 5.69 Å². The van der Waals surface area contributed by atoms with Crippen LogP contribution in [0.5, 0.6) is 0 Å². The van der Waals surface area contributed by atoms with E-state index >= 15 is 0 Å². The van der Waals surface area contributed by atoms with Crippen LogP contribution in [0.25, 0.3) is 0 Å². The molecule has 0 fully saturated rings. The minimum absolute atomic E-state index is 0.112. The summed E-state index contributed by atoms with van der Waals surface area (Å²) in [6, 6.07) is 18.1. The predicted molar refractivity (Wildman–Crippen MR) is 117 cm³/mol. The van der Waals surface area contributed by atoms with E-state index in [2.05, 4.69) is 10.4 Å². The van der Waals surface area contributed by atoms with Gasteiger partial charge in [0.05, 0.1) is 17.2 Å². The molecule has 10 heteroatoms. The summed E-state index contributed by atoms with van der Waals surface area (Å²) in [6.45, 7) is 0.171. The summed E-state index contributed by atoms with van der Waals surface area (Å²) in [5.41, 5.74) is 0.535. The Morgan fingerprint density at radius 3 is 2.68 bits per heavy atom. The van der Waals surface area contributed by atoms with Crippen LogP contribution < -0.4 is 5.32 Å². The Morgan fingerprint density at radius 1 is 1.16 bits per heavy atom. The Labute approximate surface area is 186 Å². The zero-order valence-electron chi connectivity index (χ0n) is 15.9. The Bertz CT molecular complexity index is 1240. The second kappa shape index (κ2) is 9.07.